The van der Waals surface area contributed by atoms with Crippen LogP contribution in [0.25, 0.3) is 11.3 Å². The van der Waals surface area contributed by atoms with Crippen molar-refractivity contribution < 1.29 is 23.5 Å². The second-order valence-corrected chi connectivity index (χ2v) is 10.5. The van der Waals surface area contributed by atoms with E-state index in [9.17, 15) is 23.5 Å². The van der Waals surface area contributed by atoms with Crippen LogP contribution < -0.4 is 5.32 Å². The van der Waals surface area contributed by atoms with Gasteiger partial charge in [-0.1, -0.05) is 58.0 Å². The van der Waals surface area contributed by atoms with E-state index in [1.165, 1.54) is 4.90 Å². The molecule has 38 heavy (non-hydrogen) atoms. The Labute approximate surface area is 222 Å². The third kappa shape index (κ3) is 6.83. The summed E-state index contributed by atoms with van der Waals surface area (Å²) in [4.78, 5) is 31.5. The van der Waals surface area contributed by atoms with Gasteiger partial charge in [0.1, 0.15) is 24.1 Å². The van der Waals surface area contributed by atoms with Crippen LogP contribution in [0, 0.1) is 23.0 Å². The van der Waals surface area contributed by atoms with E-state index in [-0.39, 0.29) is 29.6 Å². The van der Waals surface area contributed by atoms with E-state index in [0.717, 1.165) is 23.8 Å². The summed E-state index contributed by atoms with van der Waals surface area (Å²) in [7, 11) is 1.56. The van der Waals surface area contributed by atoms with Gasteiger partial charge in [0, 0.05) is 37.8 Å². The first-order valence-electron chi connectivity index (χ1n) is 12.6. The number of aliphatic hydroxyl groups excluding tert-OH is 1. The second-order valence-electron chi connectivity index (χ2n) is 10.5. The Kier molecular flexibility index (Phi) is 9.38. The zero-order valence-electron chi connectivity index (χ0n) is 22.5. The van der Waals surface area contributed by atoms with E-state index >= 15 is 0 Å². The van der Waals surface area contributed by atoms with Crippen LogP contribution in [0.4, 0.5) is 8.78 Å². The number of amides is 2. The van der Waals surface area contributed by atoms with Gasteiger partial charge in [-0.3, -0.25) is 9.59 Å². The number of hydrogen-bond acceptors (Lipinski definition) is 4. The minimum Gasteiger partial charge on any atom is -0.387 e. The number of rotatable bonds is 10. The molecule has 3 rings (SSSR count). The van der Waals surface area contributed by atoms with Crippen LogP contribution in [0.15, 0.2) is 54.7 Å². The van der Waals surface area contributed by atoms with E-state index in [0.29, 0.717) is 18.8 Å². The van der Waals surface area contributed by atoms with Crippen LogP contribution in [-0.2, 0) is 16.1 Å². The highest BCUT2D eigenvalue weighted by atomic mass is 19.1. The SMILES string of the molecule is CNC(=O)[C@@H](C)CCN(C(=O)CO)[C@@H](c1nc(-c2cc(F)ccc2F)cn1Cc1ccccc1)C(C)(C)C. The highest BCUT2D eigenvalue weighted by molar-refractivity contribution is 5.79. The highest BCUT2D eigenvalue weighted by Gasteiger charge is 2.38. The van der Waals surface area contributed by atoms with Gasteiger partial charge in [-0.05, 0) is 35.6 Å². The number of imidazole rings is 1. The molecule has 1 aromatic heterocycles. The molecular formula is C29H36F2N4O3. The zero-order valence-corrected chi connectivity index (χ0v) is 22.5. The molecule has 1 heterocycles. The molecule has 2 amide bonds. The first kappa shape index (κ1) is 29.0. The molecule has 0 fully saturated rings. The van der Waals surface area contributed by atoms with Gasteiger partial charge in [0.15, 0.2) is 0 Å². The molecule has 2 N–H and O–H groups in total. The molecule has 0 spiro atoms. The Hall–Kier alpha value is -3.59. The molecule has 2 atom stereocenters. The summed E-state index contributed by atoms with van der Waals surface area (Å²) >= 11 is 0. The van der Waals surface area contributed by atoms with E-state index in [4.69, 9.17) is 4.98 Å². The lowest BCUT2D eigenvalue weighted by Gasteiger charge is -2.40. The van der Waals surface area contributed by atoms with Crippen molar-refractivity contribution >= 4 is 11.8 Å². The topological polar surface area (TPSA) is 87.5 Å². The predicted molar refractivity (Wildman–Crippen MR) is 142 cm³/mol. The molecule has 0 radical (unpaired) electrons. The van der Waals surface area contributed by atoms with Crippen LogP contribution in [-0.4, -0.2) is 51.6 Å². The van der Waals surface area contributed by atoms with Gasteiger partial charge in [-0.15, -0.1) is 0 Å². The molecule has 2 aromatic carbocycles. The fraction of sp³-hybridized carbons (Fsp3) is 0.414. The first-order valence-corrected chi connectivity index (χ1v) is 12.6. The Morgan fingerprint density at radius 3 is 2.42 bits per heavy atom. The molecule has 0 bridgehead atoms. The molecule has 7 nitrogen and oxygen atoms in total. The van der Waals surface area contributed by atoms with Gasteiger partial charge in [-0.25, -0.2) is 13.8 Å². The van der Waals surface area contributed by atoms with Crippen LogP contribution in [0.2, 0.25) is 0 Å². The van der Waals surface area contributed by atoms with Crippen molar-refractivity contribution in [1.82, 2.24) is 19.8 Å². The quantitative estimate of drug-likeness (QED) is 0.406. The van der Waals surface area contributed by atoms with E-state index in [1.807, 2.05) is 55.7 Å². The summed E-state index contributed by atoms with van der Waals surface area (Å²) in [5.74, 6) is -1.76. The van der Waals surface area contributed by atoms with E-state index in [2.05, 4.69) is 5.32 Å². The molecule has 3 aromatic rings. The maximum Gasteiger partial charge on any atom is 0.248 e. The molecule has 0 aliphatic heterocycles. The van der Waals surface area contributed by atoms with E-state index in [1.54, 1.807) is 20.2 Å². The van der Waals surface area contributed by atoms with Gasteiger partial charge in [0.2, 0.25) is 11.8 Å². The number of nitrogens with one attached hydrogen (secondary N) is 1. The summed E-state index contributed by atoms with van der Waals surface area (Å²) in [6, 6.07) is 12.2. The molecular weight excluding hydrogens is 490 g/mol. The van der Waals surface area contributed by atoms with Gasteiger partial charge >= 0.3 is 0 Å². The first-order chi connectivity index (χ1) is 18.0. The number of carbonyl (C=O) groups is 2. The van der Waals surface area contributed by atoms with Crippen LogP contribution in [0.5, 0.6) is 0 Å². The van der Waals surface area contributed by atoms with Crippen molar-refractivity contribution in [3.63, 3.8) is 0 Å². The average molecular weight is 527 g/mol. The average Bonchev–Trinajstić information content (AvgIpc) is 3.28. The molecule has 9 heteroatoms. The molecule has 0 aliphatic carbocycles. The summed E-state index contributed by atoms with van der Waals surface area (Å²) < 4.78 is 30.7. The maximum atomic E-state index is 14.8. The minimum absolute atomic E-state index is 0.0130. The van der Waals surface area contributed by atoms with Crippen LogP contribution in [0.3, 0.4) is 0 Å². The maximum absolute atomic E-state index is 14.8. The standard InChI is InChI=1S/C29H36F2N4O3/c1-19(28(38)32-5)13-14-35(25(37)18-36)26(29(2,3)4)27-33-24(22-15-21(30)11-12-23(22)31)17-34(27)16-20-9-7-6-8-10-20/h6-12,15,17,19,26,36H,13-14,16,18H2,1-5H3,(H,32,38)/t19-,26-/m0/s1. The normalized spacial score (nSPS) is 13.2. The molecule has 204 valence electrons. The lowest BCUT2D eigenvalue weighted by molar-refractivity contribution is -0.140. The lowest BCUT2D eigenvalue weighted by Crippen LogP contribution is -2.45. The fourth-order valence-corrected chi connectivity index (χ4v) is 4.57. The van der Waals surface area contributed by atoms with E-state index < -0.39 is 35.6 Å². The number of carbonyl (C=O) groups excluding carboxylic acids is 2. The third-order valence-corrected chi connectivity index (χ3v) is 6.54. The van der Waals surface area contributed by atoms with Crippen LogP contribution in [0.1, 0.15) is 51.5 Å². The van der Waals surface area contributed by atoms with Gasteiger partial charge in [-0.2, -0.15) is 0 Å². The Balaban J connectivity index is 2.16. The number of halogens is 2. The van der Waals surface area contributed by atoms with Crippen molar-refractivity contribution in [2.24, 2.45) is 11.3 Å². The molecule has 0 saturated carbocycles. The van der Waals surface area contributed by atoms with Crippen molar-refractivity contribution in [3.8, 4) is 11.3 Å². The van der Waals surface area contributed by atoms with Crippen molar-refractivity contribution in [3.05, 3.63) is 77.8 Å². The largest absolute Gasteiger partial charge is 0.387 e. The number of benzene rings is 2. The minimum atomic E-state index is -0.717. The number of nitrogens with zero attached hydrogens (tertiary/aromatic N) is 3. The summed E-state index contributed by atoms with van der Waals surface area (Å²) in [5.41, 5.74) is 0.633. The third-order valence-electron chi connectivity index (χ3n) is 6.54. The fourth-order valence-electron chi connectivity index (χ4n) is 4.57. The Morgan fingerprint density at radius 1 is 1.13 bits per heavy atom. The number of aliphatic hydroxyl groups is 1. The van der Waals surface area contributed by atoms with Crippen molar-refractivity contribution in [1.29, 1.82) is 0 Å². The Bertz CT molecular complexity index is 1250. The highest BCUT2D eigenvalue weighted by Crippen LogP contribution is 2.39. The number of hydrogen-bond donors (Lipinski definition) is 2. The van der Waals surface area contributed by atoms with Gasteiger partial charge in [0.05, 0.1) is 11.7 Å². The molecule has 0 saturated heterocycles. The second kappa shape index (κ2) is 12.3. The smallest absolute Gasteiger partial charge is 0.248 e. The molecule has 0 aliphatic rings. The summed E-state index contributed by atoms with van der Waals surface area (Å²) in [6.07, 6.45) is 2.02. The lowest BCUT2D eigenvalue weighted by atomic mass is 9.84. The summed E-state index contributed by atoms with van der Waals surface area (Å²) in [6.45, 7) is 7.46. The van der Waals surface area contributed by atoms with Gasteiger partial charge < -0.3 is 19.9 Å². The van der Waals surface area contributed by atoms with Crippen molar-refractivity contribution in [2.45, 2.75) is 46.7 Å². The van der Waals surface area contributed by atoms with Gasteiger partial charge in [0.25, 0.3) is 0 Å². The van der Waals surface area contributed by atoms with Crippen LogP contribution >= 0.6 is 0 Å². The Morgan fingerprint density at radius 2 is 1.82 bits per heavy atom. The number of aromatic nitrogens is 2. The predicted octanol–water partition coefficient (Wildman–Crippen LogP) is 4.56. The molecule has 0 unspecified atom stereocenters. The summed E-state index contributed by atoms with van der Waals surface area (Å²) in [5, 5.41) is 12.5. The van der Waals surface area contributed by atoms with Crippen molar-refractivity contribution in [2.75, 3.05) is 20.2 Å². The monoisotopic (exact) mass is 526 g/mol. The zero-order chi connectivity index (χ0) is 28.0.